The predicted octanol–water partition coefficient (Wildman–Crippen LogP) is 2.89. The molecule has 3 heteroatoms. The Morgan fingerprint density at radius 2 is 2.17 bits per heavy atom. The van der Waals surface area contributed by atoms with Gasteiger partial charge >= 0.3 is 5.97 Å². The van der Waals surface area contributed by atoms with Crippen LogP contribution in [0.3, 0.4) is 0 Å². The van der Waals surface area contributed by atoms with E-state index in [2.05, 4.69) is 22.9 Å². The molecule has 0 aliphatic rings. The fraction of sp³-hybridized carbons (Fsp3) is 0.889. The number of rotatable bonds is 6. The monoisotopic (exact) mass is 236 g/mol. The van der Waals surface area contributed by atoms with Crippen LogP contribution in [0.4, 0.5) is 0 Å². The maximum Gasteiger partial charge on any atom is 0.306 e. The summed E-state index contributed by atoms with van der Waals surface area (Å²) < 4.78 is 4.82. The van der Waals surface area contributed by atoms with Crippen LogP contribution < -0.4 is 0 Å². The van der Waals surface area contributed by atoms with Crippen molar-refractivity contribution in [3.63, 3.8) is 0 Å². The summed E-state index contributed by atoms with van der Waals surface area (Å²) in [6.07, 6.45) is 3.88. The maximum atomic E-state index is 11.0. The molecular weight excluding hydrogens is 220 g/mol. The van der Waals surface area contributed by atoms with Gasteiger partial charge in [0.25, 0.3) is 0 Å². The number of carbonyl (C=O) groups is 1. The molecule has 0 aromatic carbocycles. The second-order valence-electron chi connectivity index (χ2n) is 2.75. The molecule has 12 heavy (non-hydrogen) atoms. The molecule has 0 amide bonds. The fourth-order valence-corrected chi connectivity index (χ4v) is 1.52. The first-order valence-electron chi connectivity index (χ1n) is 4.50. The standard InChI is InChI=1S/C9H17BrO2/c1-3-5-6-8(10)7-9(11)12-4-2/h8H,3-7H2,1-2H3. The van der Waals surface area contributed by atoms with Gasteiger partial charge in [-0.2, -0.15) is 0 Å². The molecule has 2 nitrogen and oxygen atoms in total. The lowest BCUT2D eigenvalue weighted by Crippen LogP contribution is -2.10. The lowest BCUT2D eigenvalue weighted by Gasteiger charge is -2.07. The van der Waals surface area contributed by atoms with Gasteiger partial charge in [0, 0.05) is 4.83 Å². The SMILES string of the molecule is CCCCC(Br)CC(=O)OCC. The van der Waals surface area contributed by atoms with E-state index < -0.39 is 0 Å². The van der Waals surface area contributed by atoms with E-state index in [1.807, 2.05) is 6.92 Å². The normalized spacial score (nSPS) is 12.6. The van der Waals surface area contributed by atoms with Gasteiger partial charge in [-0.15, -0.1) is 0 Å². The van der Waals surface area contributed by atoms with Crippen molar-refractivity contribution in [2.75, 3.05) is 6.61 Å². The highest BCUT2D eigenvalue weighted by atomic mass is 79.9. The van der Waals surface area contributed by atoms with E-state index in [9.17, 15) is 4.79 Å². The minimum Gasteiger partial charge on any atom is -0.466 e. The van der Waals surface area contributed by atoms with E-state index in [1.165, 1.54) is 6.42 Å². The minimum absolute atomic E-state index is 0.101. The Morgan fingerprint density at radius 1 is 1.50 bits per heavy atom. The number of hydrogen-bond donors (Lipinski definition) is 0. The van der Waals surface area contributed by atoms with Gasteiger partial charge in [-0.05, 0) is 13.3 Å². The highest BCUT2D eigenvalue weighted by molar-refractivity contribution is 9.09. The molecule has 0 bridgehead atoms. The van der Waals surface area contributed by atoms with E-state index in [0.29, 0.717) is 13.0 Å². The first kappa shape index (κ1) is 11.9. The molecule has 0 spiro atoms. The van der Waals surface area contributed by atoms with Crippen LogP contribution >= 0.6 is 15.9 Å². The topological polar surface area (TPSA) is 26.3 Å². The van der Waals surface area contributed by atoms with Crippen LogP contribution in [0.25, 0.3) is 0 Å². The maximum absolute atomic E-state index is 11.0. The molecule has 0 heterocycles. The lowest BCUT2D eigenvalue weighted by molar-refractivity contribution is -0.143. The van der Waals surface area contributed by atoms with Gasteiger partial charge in [-0.3, -0.25) is 4.79 Å². The number of hydrogen-bond acceptors (Lipinski definition) is 2. The highest BCUT2D eigenvalue weighted by Gasteiger charge is 2.10. The summed E-state index contributed by atoms with van der Waals surface area (Å²) in [5.41, 5.74) is 0. The molecule has 72 valence electrons. The predicted molar refractivity (Wildman–Crippen MR) is 53.5 cm³/mol. The Balaban J connectivity index is 3.40. The Labute approximate surface area is 82.8 Å². The van der Waals surface area contributed by atoms with Crippen LogP contribution in [0, 0.1) is 0 Å². The van der Waals surface area contributed by atoms with Crippen molar-refractivity contribution in [2.45, 2.75) is 44.4 Å². The van der Waals surface area contributed by atoms with Crippen molar-refractivity contribution in [3.05, 3.63) is 0 Å². The van der Waals surface area contributed by atoms with Crippen molar-refractivity contribution >= 4 is 21.9 Å². The molecule has 1 unspecified atom stereocenters. The van der Waals surface area contributed by atoms with E-state index >= 15 is 0 Å². The zero-order valence-corrected chi connectivity index (χ0v) is 9.39. The zero-order valence-electron chi connectivity index (χ0n) is 7.81. The van der Waals surface area contributed by atoms with Gasteiger partial charge in [-0.25, -0.2) is 0 Å². The summed E-state index contributed by atoms with van der Waals surface area (Å²) in [5.74, 6) is -0.101. The smallest absolute Gasteiger partial charge is 0.306 e. The Hall–Kier alpha value is -0.0500. The molecule has 0 aromatic heterocycles. The van der Waals surface area contributed by atoms with Gasteiger partial charge in [0.1, 0.15) is 0 Å². The molecule has 0 saturated heterocycles. The summed E-state index contributed by atoms with van der Waals surface area (Å²) in [4.78, 5) is 11.3. The molecule has 0 fully saturated rings. The second-order valence-corrected chi connectivity index (χ2v) is 4.04. The van der Waals surface area contributed by atoms with Gasteiger partial charge in [0.15, 0.2) is 0 Å². The third-order valence-electron chi connectivity index (χ3n) is 1.56. The van der Waals surface area contributed by atoms with Crippen LogP contribution in [0.5, 0.6) is 0 Å². The van der Waals surface area contributed by atoms with E-state index in [0.717, 1.165) is 12.8 Å². The van der Waals surface area contributed by atoms with Crippen molar-refractivity contribution < 1.29 is 9.53 Å². The summed E-state index contributed by atoms with van der Waals surface area (Å²) in [6, 6.07) is 0. The van der Waals surface area contributed by atoms with E-state index in [1.54, 1.807) is 0 Å². The molecule has 0 rings (SSSR count). The number of alkyl halides is 1. The van der Waals surface area contributed by atoms with Crippen LogP contribution in [0.15, 0.2) is 0 Å². The quantitative estimate of drug-likeness (QED) is 0.524. The number of ether oxygens (including phenoxy) is 1. The highest BCUT2D eigenvalue weighted by Crippen LogP contribution is 2.14. The Morgan fingerprint density at radius 3 is 2.67 bits per heavy atom. The van der Waals surface area contributed by atoms with Gasteiger partial charge in [0.2, 0.25) is 0 Å². The number of unbranched alkanes of at least 4 members (excludes halogenated alkanes) is 1. The lowest BCUT2D eigenvalue weighted by atomic mass is 10.1. The van der Waals surface area contributed by atoms with Crippen molar-refractivity contribution in [1.29, 1.82) is 0 Å². The van der Waals surface area contributed by atoms with Crippen LogP contribution in [-0.4, -0.2) is 17.4 Å². The summed E-state index contributed by atoms with van der Waals surface area (Å²) in [5, 5.41) is 0. The van der Waals surface area contributed by atoms with Crippen LogP contribution in [-0.2, 0) is 9.53 Å². The molecule has 0 aliphatic carbocycles. The summed E-state index contributed by atoms with van der Waals surface area (Å²) >= 11 is 3.45. The van der Waals surface area contributed by atoms with Crippen LogP contribution in [0.1, 0.15) is 39.5 Å². The summed E-state index contributed by atoms with van der Waals surface area (Å²) in [6.45, 7) is 4.45. The number of halogens is 1. The number of esters is 1. The van der Waals surface area contributed by atoms with E-state index in [-0.39, 0.29) is 10.8 Å². The third-order valence-corrected chi connectivity index (χ3v) is 2.35. The molecule has 0 N–H and O–H groups in total. The Kier molecular flexibility index (Phi) is 7.56. The average molecular weight is 237 g/mol. The fourth-order valence-electron chi connectivity index (χ4n) is 0.928. The largest absolute Gasteiger partial charge is 0.466 e. The Bertz CT molecular complexity index is 126. The first-order chi connectivity index (χ1) is 5.70. The second kappa shape index (κ2) is 7.59. The van der Waals surface area contributed by atoms with Gasteiger partial charge in [-0.1, -0.05) is 35.7 Å². The average Bonchev–Trinajstić information content (AvgIpc) is 2.01. The van der Waals surface area contributed by atoms with Crippen molar-refractivity contribution in [3.8, 4) is 0 Å². The van der Waals surface area contributed by atoms with Crippen molar-refractivity contribution in [2.24, 2.45) is 0 Å². The first-order valence-corrected chi connectivity index (χ1v) is 5.42. The number of carbonyl (C=O) groups excluding carboxylic acids is 1. The van der Waals surface area contributed by atoms with Gasteiger partial charge < -0.3 is 4.74 Å². The molecule has 0 saturated carbocycles. The van der Waals surface area contributed by atoms with Crippen LogP contribution in [0.2, 0.25) is 0 Å². The van der Waals surface area contributed by atoms with Crippen molar-refractivity contribution in [1.82, 2.24) is 0 Å². The van der Waals surface area contributed by atoms with Gasteiger partial charge in [0.05, 0.1) is 13.0 Å². The van der Waals surface area contributed by atoms with E-state index in [4.69, 9.17) is 4.74 Å². The molecule has 1 atom stereocenters. The zero-order chi connectivity index (χ0) is 9.40. The molecule has 0 aliphatic heterocycles. The summed E-state index contributed by atoms with van der Waals surface area (Å²) in [7, 11) is 0. The minimum atomic E-state index is -0.101. The molecule has 0 radical (unpaired) electrons. The molecule has 0 aromatic rings. The third kappa shape index (κ3) is 6.65. The molecular formula is C9H17BrO2.